The monoisotopic (exact) mass is 1380 g/mol. The van der Waals surface area contributed by atoms with Crippen LogP contribution in [-0.4, -0.2) is 96.7 Å². The highest BCUT2D eigenvalue weighted by molar-refractivity contribution is 7.47. The fourth-order valence-corrected chi connectivity index (χ4v) is 13.2. The molecule has 0 bridgehead atoms. The zero-order valence-electron chi connectivity index (χ0n) is 60.9. The first-order valence-corrected chi connectivity index (χ1v) is 42.3. The molecule has 0 saturated heterocycles. The van der Waals surface area contributed by atoms with E-state index in [1.807, 2.05) is 0 Å². The third-order valence-electron chi connectivity index (χ3n) is 17.6. The standard InChI is InChI=1S/C75H146O17P2/c1-5-9-13-17-20-23-26-29-31-33-34-36-38-41-44-47-50-54-58-62-75(80)92-71(66-86-73(78)60-56-52-48-45-42-40-37-35-32-30-27-24-21-18-14-10-6-2)68-90-94(83,84)88-64-69(76)63-87-93(81,82)89-67-70(65-85-72(77)59-55-51-16-12-8-4)91-74(79)61-57-53-49-46-43-39-28-25-22-19-15-11-7-3/h69-71,76H,5-68H2,1-4H3,(H,81,82)(H,83,84)/t69-,70+,71+/m0/s1. The molecule has 0 amide bonds. The van der Waals surface area contributed by atoms with E-state index in [2.05, 4.69) is 27.7 Å². The van der Waals surface area contributed by atoms with Gasteiger partial charge in [-0.25, -0.2) is 9.13 Å². The van der Waals surface area contributed by atoms with Crippen LogP contribution in [0.25, 0.3) is 0 Å². The molecule has 0 spiro atoms. The maximum absolute atomic E-state index is 13.1. The van der Waals surface area contributed by atoms with E-state index < -0.39 is 97.5 Å². The van der Waals surface area contributed by atoms with E-state index in [0.29, 0.717) is 25.7 Å². The summed E-state index contributed by atoms with van der Waals surface area (Å²) >= 11 is 0. The topological polar surface area (TPSA) is 237 Å². The van der Waals surface area contributed by atoms with Gasteiger partial charge in [0.05, 0.1) is 26.4 Å². The Kier molecular flexibility index (Phi) is 68.1. The lowest BCUT2D eigenvalue weighted by molar-refractivity contribution is -0.161. The highest BCUT2D eigenvalue weighted by Crippen LogP contribution is 2.45. The van der Waals surface area contributed by atoms with Crippen molar-refractivity contribution in [2.24, 2.45) is 0 Å². The number of hydrogen-bond acceptors (Lipinski definition) is 15. The van der Waals surface area contributed by atoms with Crippen molar-refractivity contribution in [1.82, 2.24) is 0 Å². The summed E-state index contributed by atoms with van der Waals surface area (Å²) in [5.74, 6) is -2.12. The molecule has 3 N–H and O–H groups in total. The zero-order valence-corrected chi connectivity index (χ0v) is 62.7. The van der Waals surface area contributed by atoms with E-state index in [-0.39, 0.29) is 25.7 Å². The fraction of sp³-hybridized carbons (Fsp3) is 0.947. The summed E-state index contributed by atoms with van der Waals surface area (Å²) in [7, 11) is -9.90. The molecule has 0 aromatic rings. The molecule has 0 saturated carbocycles. The number of hydrogen-bond donors (Lipinski definition) is 3. The van der Waals surface area contributed by atoms with Crippen molar-refractivity contribution >= 4 is 39.5 Å². The first kappa shape index (κ1) is 92.1. The van der Waals surface area contributed by atoms with Gasteiger partial charge in [-0.1, -0.05) is 349 Å². The Morgan fingerprint density at radius 3 is 0.628 bits per heavy atom. The van der Waals surface area contributed by atoms with Crippen LogP contribution in [0.15, 0.2) is 0 Å². The number of phosphoric ester groups is 2. The summed E-state index contributed by atoms with van der Waals surface area (Å²) in [6.45, 7) is 4.90. The molecule has 0 aromatic heterocycles. The van der Waals surface area contributed by atoms with Crippen LogP contribution < -0.4 is 0 Å². The molecule has 19 heteroatoms. The Hall–Kier alpha value is -1.94. The average Bonchev–Trinajstić information content (AvgIpc) is 2.50. The summed E-state index contributed by atoms with van der Waals surface area (Å²) in [6.07, 6.45) is 60.1. The lowest BCUT2D eigenvalue weighted by atomic mass is 10.0. The Bertz CT molecular complexity index is 1790. The molecule has 0 radical (unpaired) electrons. The summed E-state index contributed by atoms with van der Waals surface area (Å²) in [4.78, 5) is 72.5. The highest BCUT2D eigenvalue weighted by Gasteiger charge is 2.30. The predicted octanol–water partition coefficient (Wildman–Crippen LogP) is 22.2. The number of aliphatic hydroxyl groups excluding tert-OH is 1. The minimum Gasteiger partial charge on any atom is -0.462 e. The maximum atomic E-state index is 13.1. The Labute approximate surface area is 575 Å². The molecule has 0 heterocycles. The molecule has 2 unspecified atom stereocenters. The predicted molar refractivity (Wildman–Crippen MR) is 382 cm³/mol. The molecule has 0 rings (SSSR count). The summed E-state index contributed by atoms with van der Waals surface area (Å²) < 4.78 is 68.3. The van der Waals surface area contributed by atoms with Crippen LogP contribution in [0.5, 0.6) is 0 Å². The normalized spacial score (nSPS) is 13.9. The minimum atomic E-state index is -4.95. The zero-order chi connectivity index (χ0) is 69.0. The van der Waals surface area contributed by atoms with Crippen molar-refractivity contribution in [2.45, 2.75) is 418 Å². The molecule has 558 valence electrons. The minimum absolute atomic E-state index is 0.107. The van der Waals surface area contributed by atoms with Crippen molar-refractivity contribution in [1.29, 1.82) is 0 Å². The van der Waals surface area contributed by atoms with E-state index in [4.69, 9.17) is 37.0 Å². The van der Waals surface area contributed by atoms with Crippen LogP contribution >= 0.6 is 15.6 Å². The molecular formula is C75H146O17P2. The molecule has 0 fully saturated rings. The second-order valence-electron chi connectivity index (χ2n) is 27.0. The van der Waals surface area contributed by atoms with Gasteiger partial charge in [0, 0.05) is 25.7 Å². The molecule has 0 aliphatic heterocycles. The molecule has 17 nitrogen and oxygen atoms in total. The SMILES string of the molecule is CCCCCCCCCCCCCCCCCCCCCC(=O)O[C@H](COC(=O)CCCCCCCCCCCCCCCCCCC)COP(=O)(O)OC[C@@H](O)COP(=O)(O)OC[C@@H](COC(=O)CCCCCCC)OC(=O)CCCCCCCCCCCCCCC. The van der Waals surface area contributed by atoms with Gasteiger partial charge in [0.1, 0.15) is 19.3 Å². The lowest BCUT2D eigenvalue weighted by Crippen LogP contribution is -2.30. The van der Waals surface area contributed by atoms with E-state index in [1.165, 1.54) is 225 Å². The number of phosphoric acid groups is 2. The quantitative estimate of drug-likeness (QED) is 0.0222. The van der Waals surface area contributed by atoms with Crippen LogP contribution in [0.2, 0.25) is 0 Å². The smallest absolute Gasteiger partial charge is 0.462 e. The molecule has 0 aliphatic rings. The van der Waals surface area contributed by atoms with Gasteiger partial charge in [0.25, 0.3) is 0 Å². The number of carbonyl (C=O) groups excluding carboxylic acids is 4. The number of carbonyl (C=O) groups is 4. The van der Waals surface area contributed by atoms with E-state index in [0.717, 1.165) is 96.3 Å². The van der Waals surface area contributed by atoms with E-state index in [9.17, 15) is 43.2 Å². The Morgan fingerprint density at radius 1 is 0.255 bits per heavy atom. The number of unbranched alkanes of at least 4 members (excludes halogenated alkanes) is 50. The molecular weight excluding hydrogens is 1230 g/mol. The summed E-state index contributed by atoms with van der Waals surface area (Å²) in [5.41, 5.74) is 0. The number of esters is 4. The van der Waals surface area contributed by atoms with Crippen molar-refractivity contribution in [3.63, 3.8) is 0 Å². The van der Waals surface area contributed by atoms with Gasteiger partial charge in [-0.15, -0.1) is 0 Å². The Morgan fingerprint density at radius 2 is 0.426 bits per heavy atom. The largest absolute Gasteiger partial charge is 0.472 e. The van der Waals surface area contributed by atoms with Crippen molar-refractivity contribution < 1.29 is 80.2 Å². The highest BCUT2D eigenvalue weighted by atomic mass is 31.2. The molecule has 5 atom stereocenters. The fourth-order valence-electron chi connectivity index (χ4n) is 11.6. The van der Waals surface area contributed by atoms with Gasteiger partial charge in [-0.05, 0) is 25.7 Å². The van der Waals surface area contributed by atoms with Crippen LogP contribution in [0, 0.1) is 0 Å². The number of aliphatic hydroxyl groups is 1. The second kappa shape index (κ2) is 69.5. The first-order chi connectivity index (χ1) is 45.7. The lowest BCUT2D eigenvalue weighted by Gasteiger charge is -2.21. The Balaban J connectivity index is 5.13. The summed E-state index contributed by atoms with van der Waals surface area (Å²) in [6, 6.07) is 0. The first-order valence-electron chi connectivity index (χ1n) is 39.3. The van der Waals surface area contributed by atoms with Gasteiger partial charge < -0.3 is 33.8 Å². The van der Waals surface area contributed by atoms with E-state index in [1.54, 1.807) is 0 Å². The van der Waals surface area contributed by atoms with Gasteiger partial charge in [-0.3, -0.25) is 37.3 Å². The third kappa shape index (κ3) is 68.6. The van der Waals surface area contributed by atoms with Crippen LogP contribution in [0.1, 0.15) is 400 Å². The summed E-state index contributed by atoms with van der Waals surface area (Å²) in [5, 5.41) is 10.6. The number of rotatable bonds is 76. The van der Waals surface area contributed by atoms with Crippen LogP contribution in [-0.2, 0) is 65.4 Å². The molecule has 94 heavy (non-hydrogen) atoms. The maximum Gasteiger partial charge on any atom is 0.472 e. The van der Waals surface area contributed by atoms with Gasteiger partial charge in [-0.2, -0.15) is 0 Å². The molecule has 0 aliphatic carbocycles. The second-order valence-corrected chi connectivity index (χ2v) is 29.9. The van der Waals surface area contributed by atoms with Crippen LogP contribution in [0.3, 0.4) is 0 Å². The van der Waals surface area contributed by atoms with Crippen LogP contribution in [0.4, 0.5) is 0 Å². The van der Waals surface area contributed by atoms with Crippen molar-refractivity contribution in [2.75, 3.05) is 39.6 Å². The average molecular weight is 1380 g/mol. The van der Waals surface area contributed by atoms with E-state index >= 15 is 0 Å². The van der Waals surface area contributed by atoms with Gasteiger partial charge in [0.15, 0.2) is 12.2 Å². The molecule has 0 aromatic carbocycles. The third-order valence-corrected chi connectivity index (χ3v) is 19.5. The number of ether oxygens (including phenoxy) is 4. The van der Waals surface area contributed by atoms with Gasteiger partial charge >= 0.3 is 39.5 Å². The van der Waals surface area contributed by atoms with Crippen molar-refractivity contribution in [3.05, 3.63) is 0 Å². The van der Waals surface area contributed by atoms with Crippen molar-refractivity contribution in [3.8, 4) is 0 Å². The van der Waals surface area contributed by atoms with Gasteiger partial charge in [0.2, 0.25) is 0 Å².